The van der Waals surface area contributed by atoms with Crippen molar-refractivity contribution in [1.29, 1.82) is 0 Å². The molecule has 0 amide bonds. The smallest absolute Gasteiger partial charge is 0.312 e. The van der Waals surface area contributed by atoms with Crippen molar-refractivity contribution in [3.05, 3.63) is 71.9 Å². The summed E-state index contributed by atoms with van der Waals surface area (Å²) in [5.74, 6) is 0.162. The lowest BCUT2D eigenvalue weighted by Gasteiger charge is -2.04. The van der Waals surface area contributed by atoms with Crippen molar-refractivity contribution in [2.75, 3.05) is 0 Å². The maximum Gasteiger partial charge on any atom is 0.312 e. The Bertz CT molecular complexity index is 764. The molecular formula is C18H16N2O2. The number of hydrogen-bond donors (Lipinski definition) is 1. The molecule has 2 aromatic carbocycles. The molecule has 0 aliphatic heterocycles. The first-order valence-corrected chi connectivity index (χ1v) is 7.07. The van der Waals surface area contributed by atoms with Crippen LogP contribution in [0.5, 0.6) is 5.95 Å². The van der Waals surface area contributed by atoms with Crippen LogP contribution in [-0.4, -0.2) is 16.3 Å². The first-order chi connectivity index (χ1) is 10.7. The molecule has 1 atom stereocenters. The maximum atomic E-state index is 9.86. The Hall–Kier alpha value is -2.88. The first-order valence-electron chi connectivity index (χ1n) is 7.07. The molecule has 0 fully saturated rings. The van der Waals surface area contributed by atoms with Crippen molar-refractivity contribution in [1.82, 2.24) is 4.98 Å². The molecule has 3 rings (SSSR count). The van der Waals surface area contributed by atoms with E-state index < -0.39 is 0 Å². The van der Waals surface area contributed by atoms with E-state index in [-0.39, 0.29) is 12.0 Å². The summed E-state index contributed by atoms with van der Waals surface area (Å²) in [4.78, 5) is 8.70. The van der Waals surface area contributed by atoms with Gasteiger partial charge in [0.15, 0.2) is 5.69 Å². The van der Waals surface area contributed by atoms with Gasteiger partial charge in [0.05, 0.1) is 12.3 Å². The van der Waals surface area contributed by atoms with Crippen molar-refractivity contribution in [3.8, 4) is 17.4 Å². The zero-order chi connectivity index (χ0) is 15.4. The largest absolute Gasteiger partial charge is 0.479 e. The third kappa shape index (κ3) is 3.06. The molecule has 0 aliphatic rings. The number of nitrogens with zero attached hydrogens (tertiary/aromatic N) is 2. The number of aromatic hydroxyl groups is 1. The second-order valence-corrected chi connectivity index (χ2v) is 4.94. The lowest BCUT2D eigenvalue weighted by atomic mass is 10.1. The summed E-state index contributed by atoms with van der Waals surface area (Å²) >= 11 is 0. The molecule has 0 saturated heterocycles. The first kappa shape index (κ1) is 14.1. The van der Waals surface area contributed by atoms with E-state index in [0.29, 0.717) is 11.6 Å². The Balaban J connectivity index is 1.81. The molecule has 1 aromatic heterocycles. The van der Waals surface area contributed by atoms with Crippen LogP contribution in [0.25, 0.3) is 11.5 Å². The second kappa shape index (κ2) is 6.26. The van der Waals surface area contributed by atoms with Crippen LogP contribution in [0.1, 0.15) is 24.2 Å². The molecule has 3 aromatic rings. The van der Waals surface area contributed by atoms with Gasteiger partial charge in [-0.05, 0) is 24.6 Å². The van der Waals surface area contributed by atoms with Gasteiger partial charge in [-0.1, -0.05) is 48.5 Å². The van der Waals surface area contributed by atoms with Crippen LogP contribution in [-0.2, 0) is 0 Å². The van der Waals surface area contributed by atoms with Gasteiger partial charge in [0.2, 0.25) is 5.89 Å². The predicted octanol–water partition coefficient (Wildman–Crippen LogP) is 4.23. The van der Waals surface area contributed by atoms with Gasteiger partial charge >= 0.3 is 5.95 Å². The molecule has 1 N–H and O–H groups in total. The number of oxazole rings is 1. The van der Waals surface area contributed by atoms with E-state index in [4.69, 9.17) is 4.42 Å². The molecular weight excluding hydrogens is 276 g/mol. The monoisotopic (exact) mass is 292 g/mol. The van der Waals surface area contributed by atoms with Crippen LogP contribution in [0, 0.1) is 0 Å². The Morgan fingerprint density at radius 3 is 2.36 bits per heavy atom. The second-order valence-electron chi connectivity index (χ2n) is 4.94. The molecule has 0 spiro atoms. The third-order valence-electron chi connectivity index (χ3n) is 3.36. The quantitative estimate of drug-likeness (QED) is 0.732. The highest BCUT2D eigenvalue weighted by molar-refractivity contribution is 5.80. The Labute approximate surface area is 128 Å². The summed E-state index contributed by atoms with van der Waals surface area (Å²) < 4.78 is 5.29. The van der Waals surface area contributed by atoms with Crippen molar-refractivity contribution >= 4 is 6.21 Å². The number of benzene rings is 2. The van der Waals surface area contributed by atoms with E-state index >= 15 is 0 Å². The third-order valence-corrected chi connectivity index (χ3v) is 3.36. The summed E-state index contributed by atoms with van der Waals surface area (Å²) in [5.41, 5.74) is 2.25. The molecule has 0 unspecified atom stereocenters. The van der Waals surface area contributed by atoms with Gasteiger partial charge < -0.3 is 9.52 Å². The fourth-order valence-corrected chi connectivity index (χ4v) is 2.11. The standard InChI is InChI=1S/C18H16N2O2/c1-13(14-8-4-2-5-9-14)19-12-16-18(21)22-17(20-16)15-10-6-3-7-11-15/h2-13,21H,1H3/t13-/m1/s1. The molecule has 4 nitrogen and oxygen atoms in total. The topological polar surface area (TPSA) is 58.6 Å². The average molecular weight is 292 g/mol. The number of hydrogen-bond acceptors (Lipinski definition) is 4. The van der Waals surface area contributed by atoms with Gasteiger partial charge in [-0.2, -0.15) is 0 Å². The summed E-state index contributed by atoms with van der Waals surface area (Å²) in [6.07, 6.45) is 1.54. The van der Waals surface area contributed by atoms with E-state index in [0.717, 1.165) is 11.1 Å². The van der Waals surface area contributed by atoms with Crippen LogP contribution in [0.4, 0.5) is 0 Å². The molecule has 4 heteroatoms. The Morgan fingerprint density at radius 1 is 1.05 bits per heavy atom. The number of aliphatic imine (C=N–C) groups is 1. The minimum absolute atomic E-state index is 0.0162. The van der Waals surface area contributed by atoms with E-state index in [2.05, 4.69) is 9.98 Å². The van der Waals surface area contributed by atoms with Crippen LogP contribution >= 0.6 is 0 Å². The fourth-order valence-electron chi connectivity index (χ4n) is 2.11. The van der Waals surface area contributed by atoms with Gasteiger partial charge in [0, 0.05) is 5.56 Å². The highest BCUT2D eigenvalue weighted by Gasteiger charge is 2.12. The highest BCUT2D eigenvalue weighted by Crippen LogP contribution is 2.25. The van der Waals surface area contributed by atoms with Crippen molar-refractivity contribution in [2.24, 2.45) is 4.99 Å². The summed E-state index contributed by atoms with van der Waals surface area (Å²) in [6, 6.07) is 19.4. The lowest BCUT2D eigenvalue weighted by molar-refractivity contribution is 0.337. The van der Waals surface area contributed by atoms with Gasteiger partial charge in [-0.25, -0.2) is 4.98 Å². The minimum atomic E-state index is -0.220. The van der Waals surface area contributed by atoms with Gasteiger partial charge in [-0.15, -0.1) is 0 Å². The van der Waals surface area contributed by atoms with Crippen LogP contribution < -0.4 is 0 Å². The molecule has 0 radical (unpaired) electrons. The summed E-state index contributed by atoms with van der Waals surface area (Å²) in [5, 5.41) is 9.86. The van der Waals surface area contributed by atoms with E-state index in [1.807, 2.05) is 67.6 Å². The van der Waals surface area contributed by atoms with E-state index in [1.165, 1.54) is 0 Å². The zero-order valence-electron chi connectivity index (χ0n) is 12.2. The lowest BCUT2D eigenvalue weighted by Crippen LogP contribution is -1.91. The molecule has 0 aliphatic carbocycles. The normalized spacial score (nSPS) is 12.6. The summed E-state index contributed by atoms with van der Waals surface area (Å²) in [7, 11) is 0. The number of rotatable bonds is 4. The van der Waals surface area contributed by atoms with Gasteiger partial charge in [0.1, 0.15) is 0 Å². The molecule has 0 saturated carbocycles. The average Bonchev–Trinajstić information content (AvgIpc) is 2.95. The van der Waals surface area contributed by atoms with Crippen LogP contribution in [0.2, 0.25) is 0 Å². The Morgan fingerprint density at radius 2 is 1.68 bits per heavy atom. The molecule has 110 valence electrons. The highest BCUT2D eigenvalue weighted by atomic mass is 16.5. The van der Waals surface area contributed by atoms with Crippen molar-refractivity contribution < 1.29 is 9.52 Å². The van der Waals surface area contributed by atoms with Crippen LogP contribution in [0.15, 0.2) is 70.1 Å². The number of aromatic nitrogens is 1. The maximum absolute atomic E-state index is 9.86. The molecule has 0 bridgehead atoms. The van der Waals surface area contributed by atoms with Gasteiger partial charge in [0.25, 0.3) is 0 Å². The van der Waals surface area contributed by atoms with Crippen molar-refractivity contribution in [3.63, 3.8) is 0 Å². The van der Waals surface area contributed by atoms with Gasteiger partial charge in [-0.3, -0.25) is 4.99 Å². The molecule has 1 heterocycles. The van der Waals surface area contributed by atoms with E-state index in [1.54, 1.807) is 6.21 Å². The minimum Gasteiger partial charge on any atom is -0.479 e. The van der Waals surface area contributed by atoms with Crippen molar-refractivity contribution in [2.45, 2.75) is 13.0 Å². The SMILES string of the molecule is C[C@@H](N=Cc1nc(-c2ccccc2)oc1O)c1ccccc1. The van der Waals surface area contributed by atoms with Crippen LogP contribution in [0.3, 0.4) is 0 Å². The zero-order valence-corrected chi connectivity index (χ0v) is 12.2. The fraction of sp³-hybridized carbons (Fsp3) is 0.111. The predicted molar refractivity (Wildman–Crippen MR) is 86.1 cm³/mol. The van der Waals surface area contributed by atoms with E-state index in [9.17, 15) is 5.11 Å². The molecule has 22 heavy (non-hydrogen) atoms. The Kier molecular flexibility index (Phi) is 4.01. The summed E-state index contributed by atoms with van der Waals surface area (Å²) in [6.45, 7) is 1.99.